The molecule has 1 fully saturated rings. The molecule has 4 N–H and O–H groups in total. The van der Waals surface area contributed by atoms with Crippen molar-refractivity contribution in [2.24, 2.45) is 0 Å². The number of phosphoric acid groups is 1. The summed E-state index contributed by atoms with van der Waals surface area (Å²) in [5.74, 6) is -0.728. The topological polar surface area (TPSA) is 143 Å². The van der Waals surface area contributed by atoms with Crippen LogP contribution in [0.25, 0.3) is 0 Å². The highest BCUT2D eigenvalue weighted by atomic mass is 31.2. The zero-order valence-corrected chi connectivity index (χ0v) is 9.69. The van der Waals surface area contributed by atoms with E-state index in [4.69, 9.17) is 14.5 Å². The Bertz CT molecular complexity index is 325. The van der Waals surface area contributed by atoms with Gasteiger partial charge in [-0.25, -0.2) is 4.57 Å². The number of carbonyl (C=O) groups excluding carboxylic acids is 1. The minimum Gasteiger partial charge on any atom is -0.454 e. The number of aliphatic hydroxyl groups excluding tert-OH is 2. The lowest BCUT2D eigenvalue weighted by molar-refractivity contribution is -0.170. The van der Waals surface area contributed by atoms with Gasteiger partial charge in [0.2, 0.25) is 0 Å². The van der Waals surface area contributed by atoms with Gasteiger partial charge in [0.1, 0.15) is 12.2 Å². The Morgan fingerprint density at radius 2 is 2.00 bits per heavy atom. The minimum atomic E-state index is -4.69. The summed E-state index contributed by atoms with van der Waals surface area (Å²) < 4.78 is 23.9. The SMILES string of the molecule is CC(=O)O[C@@H]1C(O)O[C@H](COP(=O)(O)O)C1O. The highest BCUT2D eigenvalue weighted by Gasteiger charge is 2.45. The molecule has 1 saturated heterocycles. The summed E-state index contributed by atoms with van der Waals surface area (Å²) >= 11 is 0. The maximum atomic E-state index is 10.7. The van der Waals surface area contributed by atoms with Crippen molar-refractivity contribution in [3.63, 3.8) is 0 Å². The Labute approximate surface area is 96.2 Å². The van der Waals surface area contributed by atoms with Crippen LogP contribution in [-0.4, -0.2) is 57.2 Å². The first-order valence-corrected chi connectivity index (χ1v) is 6.12. The van der Waals surface area contributed by atoms with E-state index in [2.05, 4.69) is 9.26 Å². The Morgan fingerprint density at radius 1 is 1.41 bits per heavy atom. The maximum Gasteiger partial charge on any atom is 0.469 e. The first-order chi connectivity index (χ1) is 7.70. The number of ether oxygens (including phenoxy) is 2. The largest absolute Gasteiger partial charge is 0.469 e. The minimum absolute atomic E-state index is 0.639. The van der Waals surface area contributed by atoms with Crippen molar-refractivity contribution in [1.82, 2.24) is 0 Å². The third-order valence-electron chi connectivity index (χ3n) is 2.02. The predicted molar refractivity (Wildman–Crippen MR) is 50.4 cm³/mol. The first-order valence-electron chi connectivity index (χ1n) is 4.59. The molecule has 0 bridgehead atoms. The van der Waals surface area contributed by atoms with E-state index < -0.39 is 45.0 Å². The maximum absolute atomic E-state index is 10.7. The summed E-state index contributed by atoms with van der Waals surface area (Å²) in [6.07, 6.45) is -5.50. The van der Waals surface area contributed by atoms with Crippen LogP contribution in [0.4, 0.5) is 0 Å². The van der Waals surface area contributed by atoms with E-state index in [1.807, 2.05) is 0 Å². The number of esters is 1. The van der Waals surface area contributed by atoms with Gasteiger partial charge < -0.3 is 29.5 Å². The molecular formula is C7H13O9P. The van der Waals surface area contributed by atoms with Gasteiger partial charge in [0, 0.05) is 6.92 Å². The van der Waals surface area contributed by atoms with E-state index in [1.165, 1.54) is 0 Å². The lowest BCUT2D eigenvalue weighted by Gasteiger charge is -2.17. The zero-order chi connectivity index (χ0) is 13.2. The average Bonchev–Trinajstić information content (AvgIpc) is 2.41. The van der Waals surface area contributed by atoms with Crippen molar-refractivity contribution in [2.45, 2.75) is 31.5 Å². The molecule has 0 aromatic heterocycles. The number of phosphoric ester groups is 1. The van der Waals surface area contributed by atoms with E-state index in [9.17, 15) is 19.6 Å². The first kappa shape index (κ1) is 14.5. The second-order valence-corrected chi connectivity index (χ2v) is 4.66. The Morgan fingerprint density at radius 3 is 2.47 bits per heavy atom. The molecule has 100 valence electrons. The van der Waals surface area contributed by atoms with Crippen molar-refractivity contribution in [3.8, 4) is 0 Å². The van der Waals surface area contributed by atoms with Crippen LogP contribution in [0.5, 0.6) is 0 Å². The van der Waals surface area contributed by atoms with Crippen LogP contribution in [0.1, 0.15) is 6.92 Å². The van der Waals surface area contributed by atoms with Gasteiger partial charge in [0.25, 0.3) is 0 Å². The predicted octanol–water partition coefficient (Wildman–Crippen LogP) is -1.89. The standard InChI is InChI=1S/C7H13O9P/c1-3(8)15-6-5(9)4(16-7(6)10)2-14-17(11,12)13/h4-7,9-10H,2H2,1H3,(H2,11,12,13)/t4-,5?,6+,7?/m1/s1. The third kappa shape index (κ3) is 4.32. The van der Waals surface area contributed by atoms with Gasteiger partial charge in [-0.05, 0) is 0 Å². The summed E-state index contributed by atoms with van der Waals surface area (Å²) in [5.41, 5.74) is 0. The summed E-state index contributed by atoms with van der Waals surface area (Å²) in [7, 11) is -4.69. The molecule has 0 aromatic carbocycles. The van der Waals surface area contributed by atoms with Gasteiger partial charge in [-0.2, -0.15) is 0 Å². The number of rotatable bonds is 4. The molecule has 0 aliphatic carbocycles. The molecule has 1 rings (SSSR count). The summed E-state index contributed by atoms with van der Waals surface area (Å²) in [4.78, 5) is 27.5. The molecular weight excluding hydrogens is 259 g/mol. The molecule has 2 unspecified atom stereocenters. The smallest absolute Gasteiger partial charge is 0.454 e. The molecule has 1 heterocycles. The monoisotopic (exact) mass is 272 g/mol. The van der Waals surface area contributed by atoms with Crippen molar-refractivity contribution in [2.75, 3.05) is 6.61 Å². The number of carbonyl (C=O) groups is 1. The summed E-state index contributed by atoms with van der Waals surface area (Å²) in [5, 5.41) is 18.9. The van der Waals surface area contributed by atoms with Gasteiger partial charge in [-0.3, -0.25) is 9.32 Å². The Balaban J connectivity index is 2.55. The van der Waals surface area contributed by atoms with Crippen LogP contribution < -0.4 is 0 Å². The van der Waals surface area contributed by atoms with Crippen molar-refractivity contribution < 1.29 is 43.4 Å². The highest BCUT2D eigenvalue weighted by molar-refractivity contribution is 7.46. The van der Waals surface area contributed by atoms with Crippen LogP contribution in [0.3, 0.4) is 0 Å². The lowest BCUT2D eigenvalue weighted by atomic mass is 10.1. The van der Waals surface area contributed by atoms with Crippen molar-refractivity contribution in [3.05, 3.63) is 0 Å². The third-order valence-corrected chi connectivity index (χ3v) is 2.51. The van der Waals surface area contributed by atoms with Gasteiger partial charge >= 0.3 is 13.8 Å². The Kier molecular flexibility index (Phi) is 4.62. The molecule has 1 aliphatic rings. The fraction of sp³-hybridized carbons (Fsp3) is 0.857. The normalized spacial score (nSPS) is 33.7. The fourth-order valence-corrected chi connectivity index (χ4v) is 1.69. The van der Waals surface area contributed by atoms with E-state index in [1.54, 1.807) is 0 Å². The van der Waals surface area contributed by atoms with Gasteiger partial charge in [0.05, 0.1) is 6.61 Å². The fourth-order valence-electron chi connectivity index (χ4n) is 1.35. The molecule has 0 saturated carbocycles. The molecule has 17 heavy (non-hydrogen) atoms. The quantitative estimate of drug-likeness (QED) is 0.341. The molecule has 10 heteroatoms. The summed E-state index contributed by atoms with van der Waals surface area (Å²) in [6, 6.07) is 0. The van der Waals surface area contributed by atoms with E-state index in [-0.39, 0.29) is 0 Å². The summed E-state index contributed by atoms with van der Waals surface area (Å²) in [6.45, 7) is 0.444. The number of hydrogen-bond acceptors (Lipinski definition) is 7. The molecule has 0 spiro atoms. The number of hydrogen-bond donors (Lipinski definition) is 4. The highest BCUT2D eigenvalue weighted by Crippen LogP contribution is 2.37. The van der Waals surface area contributed by atoms with Crippen LogP contribution in [0, 0.1) is 0 Å². The Hall–Kier alpha value is -0.540. The second-order valence-electron chi connectivity index (χ2n) is 3.42. The van der Waals surface area contributed by atoms with Crippen LogP contribution in [-0.2, 0) is 23.4 Å². The van der Waals surface area contributed by atoms with Crippen molar-refractivity contribution >= 4 is 13.8 Å². The molecule has 9 nitrogen and oxygen atoms in total. The molecule has 0 amide bonds. The average molecular weight is 272 g/mol. The van der Waals surface area contributed by atoms with Crippen LogP contribution >= 0.6 is 7.82 Å². The lowest BCUT2D eigenvalue weighted by Crippen LogP contribution is -2.37. The number of aliphatic hydroxyl groups is 2. The second kappa shape index (κ2) is 5.40. The molecule has 1 aliphatic heterocycles. The molecule has 4 atom stereocenters. The van der Waals surface area contributed by atoms with E-state index in [0.717, 1.165) is 6.92 Å². The van der Waals surface area contributed by atoms with Gasteiger partial charge in [0.15, 0.2) is 12.4 Å². The molecule has 0 radical (unpaired) electrons. The molecule has 0 aromatic rings. The van der Waals surface area contributed by atoms with Crippen molar-refractivity contribution in [1.29, 1.82) is 0 Å². The van der Waals surface area contributed by atoms with Crippen LogP contribution in [0.2, 0.25) is 0 Å². The van der Waals surface area contributed by atoms with E-state index >= 15 is 0 Å². The zero-order valence-electron chi connectivity index (χ0n) is 8.79. The van der Waals surface area contributed by atoms with Gasteiger partial charge in [-0.1, -0.05) is 0 Å². The van der Waals surface area contributed by atoms with Gasteiger partial charge in [-0.15, -0.1) is 0 Å². The van der Waals surface area contributed by atoms with E-state index in [0.29, 0.717) is 0 Å². The van der Waals surface area contributed by atoms with Crippen LogP contribution in [0.15, 0.2) is 0 Å².